The third-order valence-electron chi connectivity index (χ3n) is 3.39. The molecule has 1 atom stereocenters. The number of methoxy groups -OCH3 is 1. The number of rotatable bonds is 6. The van der Waals surface area contributed by atoms with E-state index in [-0.39, 0.29) is 6.04 Å². The molecule has 4 N–H and O–H groups in total. The Morgan fingerprint density at radius 3 is 2.42 bits per heavy atom. The Morgan fingerprint density at radius 1 is 1.32 bits per heavy atom. The Balaban J connectivity index is 3.10. The minimum atomic E-state index is -0.00555. The second-order valence-corrected chi connectivity index (χ2v) is 5.41. The van der Waals surface area contributed by atoms with E-state index in [1.165, 1.54) is 16.8 Å². The number of likely N-dealkylation sites (N-methyl/N-ethyl adjacent to an activating group) is 1. The number of aryl methyl sites for hydroxylation is 1. The smallest absolute Gasteiger partial charge is 0.122 e. The summed E-state index contributed by atoms with van der Waals surface area (Å²) >= 11 is 0. The third-order valence-corrected chi connectivity index (χ3v) is 3.39. The zero-order valence-corrected chi connectivity index (χ0v) is 12.7. The van der Waals surface area contributed by atoms with Gasteiger partial charge in [-0.3, -0.25) is 0 Å². The first-order valence-electron chi connectivity index (χ1n) is 6.76. The quantitative estimate of drug-likeness (QED) is 0.824. The molecule has 0 amide bonds. The molecule has 108 valence electrons. The number of benzene rings is 1. The fourth-order valence-electron chi connectivity index (χ4n) is 2.25. The van der Waals surface area contributed by atoms with Crippen LogP contribution in [0.4, 0.5) is 5.69 Å². The number of nitrogens with zero attached hydrogens (tertiary/aromatic N) is 1. The summed E-state index contributed by atoms with van der Waals surface area (Å²) in [5.74, 6) is 1.37. The van der Waals surface area contributed by atoms with Crippen molar-refractivity contribution < 1.29 is 4.74 Å². The van der Waals surface area contributed by atoms with Gasteiger partial charge in [-0.2, -0.15) is 0 Å². The molecule has 0 aliphatic heterocycles. The molecule has 0 bridgehead atoms. The van der Waals surface area contributed by atoms with E-state index in [2.05, 4.69) is 44.9 Å². The molecule has 0 heterocycles. The third kappa shape index (κ3) is 3.85. The van der Waals surface area contributed by atoms with Crippen LogP contribution in [0.3, 0.4) is 0 Å². The van der Waals surface area contributed by atoms with E-state index in [0.717, 1.165) is 12.3 Å². The van der Waals surface area contributed by atoms with E-state index in [1.54, 1.807) is 7.11 Å². The normalized spacial score (nSPS) is 12.6. The Labute approximate surface area is 116 Å². The molecule has 4 nitrogen and oxygen atoms in total. The molecule has 1 rings (SSSR count). The van der Waals surface area contributed by atoms with Crippen molar-refractivity contribution in [1.82, 2.24) is 0 Å². The van der Waals surface area contributed by atoms with Crippen molar-refractivity contribution in [2.45, 2.75) is 32.7 Å². The molecule has 0 saturated carbocycles. The number of hydrogen-bond acceptors (Lipinski definition) is 4. The van der Waals surface area contributed by atoms with Crippen molar-refractivity contribution in [3.05, 3.63) is 23.3 Å². The van der Waals surface area contributed by atoms with Gasteiger partial charge in [0.25, 0.3) is 0 Å². The summed E-state index contributed by atoms with van der Waals surface area (Å²) in [4.78, 5) is 2.16. The van der Waals surface area contributed by atoms with Crippen molar-refractivity contribution in [1.29, 1.82) is 0 Å². The largest absolute Gasteiger partial charge is 0.496 e. The minimum Gasteiger partial charge on any atom is -0.496 e. The fraction of sp³-hybridized carbons (Fsp3) is 0.600. The standard InChI is InChI=1S/C15H27N3O/c1-10(2)13-7-14(11(3)6-15(13)19-5)18(4)9-12(17)8-16/h6-7,10,12H,8-9,16-17H2,1-5H3. The van der Waals surface area contributed by atoms with E-state index in [9.17, 15) is 0 Å². The van der Waals surface area contributed by atoms with Gasteiger partial charge >= 0.3 is 0 Å². The maximum atomic E-state index is 5.92. The first-order valence-corrected chi connectivity index (χ1v) is 6.76. The molecule has 0 spiro atoms. The summed E-state index contributed by atoms with van der Waals surface area (Å²) in [5.41, 5.74) is 15.1. The maximum Gasteiger partial charge on any atom is 0.122 e. The van der Waals surface area contributed by atoms with Crippen LogP contribution in [-0.2, 0) is 0 Å². The van der Waals surface area contributed by atoms with Crippen molar-refractivity contribution in [2.24, 2.45) is 11.5 Å². The zero-order valence-electron chi connectivity index (χ0n) is 12.7. The molecule has 19 heavy (non-hydrogen) atoms. The van der Waals surface area contributed by atoms with Crippen LogP contribution in [0.5, 0.6) is 5.75 Å². The fourth-order valence-corrected chi connectivity index (χ4v) is 2.25. The average Bonchev–Trinajstić information content (AvgIpc) is 2.37. The predicted octanol–water partition coefficient (Wildman–Crippen LogP) is 1.85. The van der Waals surface area contributed by atoms with Crippen LogP contribution < -0.4 is 21.1 Å². The van der Waals surface area contributed by atoms with Gasteiger partial charge in [0, 0.05) is 31.9 Å². The Morgan fingerprint density at radius 2 is 1.95 bits per heavy atom. The molecule has 0 fully saturated rings. The van der Waals surface area contributed by atoms with Gasteiger partial charge < -0.3 is 21.1 Å². The van der Waals surface area contributed by atoms with E-state index < -0.39 is 0 Å². The van der Waals surface area contributed by atoms with Gasteiger partial charge in [-0.05, 0) is 36.1 Å². The summed E-state index contributed by atoms with van der Waals surface area (Å²) in [6, 6.07) is 4.28. The highest BCUT2D eigenvalue weighted by Gasteiger charge is 2.14. The van der Waals surface area contributed by atoms with E-state index in [1.807, 2.05) is 0 Å². The van der Waals surface area contributed by atoms with E-state index in [0.29, 0.717) is 12.5 Å². The number of hydrogen-bond donors (Lipinski definition) is 2. The molecule has 0 aliphatic rings. The SMILES string of the molecule is COc1cc(C)c(N(C)CC(N)CN)cc1C(C)C. The van der Waals surface area contributed by atoms with E-state index in [4.69, 9.17) is 16.2 Å². The molecule has 1 aromatic carbocycles. The van der Waals surface area contributed by atoms with Crippen LogP contribution >= 0.6 is 0 Å². The van der Waals surface area contributed by atoms with Gasteiger partial charge in [-0.1, -0.05) is 13.8 Å². The highest BCUT2D eigenvalue weighted by Crippen LogP contribution is 2.33. The van der Waals surface area contributed by atoms with Crippen LogP contribution in [0.15, 0.2) is 12.1 Å². The van der Waals surface area contributed by atoms with Crippen LogP contribution in [0.1, 0.15) is 30.9 Å². The predicted molar refractivity (Wildman–Crippen MR) is 82.1 cm³/mol. The first kappa shape index (κ1) is 15.8. The van der Waals surface area contributed by atoms with Crippen molar-refractivity contribution in [2.75, 3.05) is 32.1 Å². The maximum absolute atomic E-state index is 5.92. The van der Waals surface area contributed by atoms with Crippen molar-refractivity contribution in [3.63, 3.8) is 0 Å². The molecule has 0 aliphatic carbocycles. The number of nitrogens with two attached hydrogens (primary N) is 2. The number of anilines is 1. The monoisotopic (exact) mass is 265 g/mol. The van der Waals surface area contributed by atoms with E-state index >= 15 is 0 Å². The highest BCUT2D eigenvalue weighted by atomic mass is 16.5. The lowest BCUT2D eigenvalue weighted by molar-refractivity contribution is 0.407. The molecular formula is C15H27N3O. The Hall–Kier alpha value is -1.26. The average molecular weight is 265 g/mol. The van der Waals surface area contributed by atoms with Gasteiger partial charge in [0.15, 0.2) is 0 Å². The second kappa shape index (κ2) is 6.78. The second-order valence-electron chi connectivity index (χ2n) is 5.41. The van der Waals surface area contributed by atoms with Crippen molar-refractivity contribution in [3.8, 4) is 5.75 Å². The summed E-state index contributed by atoms with van der Waals surface area (Å²) in [6.45, 7) is 7.68. The van der Waals surface area contributed by atoms with Crippen LogP contribution in [-0.4, -0.2) is 33.3 Å². The Kier molecular flexibility index (Phi) is 5.63. The summed E-state index contributed by atoms with van der Waals surface area (Å²) in [7, 11) is 3.77. The molecular weight excluding hydrogens is 238 g/mol. The van der Waals surface area contributed by atoms with Crippen LogP contribution in [0.2, 0.25) is 0 Å². The van der Waals surface area contributed by atoms with Gasteiger partial charge in [0.1, 0.15) is 5.75 Å². The molecule has 4 heteroatoms. The molecule has 1 aromatic rings. The van der Waals surface area contributed by atoms with Gasteiger partial charge in [0.05, 0.1) is 7.11 Å². The van der Waals surface area contributed by atoms with Gasteiger partial charge in [-0.25, -0.2) is 0 Å². The molecule has 0 radical (unpaired) electrons. The summed E-state index contributed by atoms with van der Waals surface area (Å²) in [5, 5.41) is 0. The lowest BCUT2D eigenvalue weighted by Crippen LogP contribution is -2.40. The first-order chi connectivity index (χ1) is 8.90. The summed E-state index contributed by atoms with van der Waals surface area (Å²) < 4.78 is 5.46. The summed E-state index contributed by atoms with van der Waals surface area (Å²) in [6.07, 6.45) is 0. The van der Waals surface area contributed by atoms with Crippen LogP contribution in [0, 0.1) is 6.92 Å². The Bertz CT molecular complexity index is 418. The van der Waals surface area contributed by atoms with Gasteiger partial charge in [-0.15, -0.1) is 0 Å². The molecule has 0 saturated heterocycles. The minimum absolute atomic E-state index is 0.00555. The van der Waals surface area contributed by atoms with Crippen LogP contribution in [0.25, 0.3) is 0 Å². The van der Waals surface area contributed by atoms with Crippen molar-refractivity contribution >= 4 is 5.69 Å². The zero-order chi connectivity index (χ0) is 14.6. The highest BCUT2D eigenvalue weighted by molar-refractivity contribution is 5.59. The molecule has 1 unspecified atom stereocenters. The lowest BCUT2D eigenvalue weighted by atomic mass is 9.98. The van der Waals surface area contributed by atoms with Gasteiger partial charge in [0.2, 0.25) is 0 Å². The molecule has 0 aromatic heterocycles. The topological polar surface area (TPSA) is 64.5 Å². The number of ether oxygens (including phenoxy) is 1. The lowest BCUT2D eigenvalue weighted by Gasteiger charge is -2.26.